The van der Waals surface area contributed by atoms with E-state index in [-0.39, 0.29) is 12.6 Å². The molecule has 0 radical (unpaired) electrons. The summed E-state index contributed by atoms with van der Waals surface area (Å²) in [5, 5.41) is 9.99. The predicted octanol–water partition coefficient (Wildman–Crippen LogP) is 0.544. The number of rotatable bonds is 4. The number of ether oxygens (including phenoxy) is 1. The van der Waals surface area contributed by atoms with Crippen LogP contribution in [0.5, 0.6) is 5.75 Å². The Kier molecular flexibility index (Phi) is 3.66. The predicted molar refractivity (Wildman–Crippen MR) is 67.1 cm³/mol. The topological polar surface area (TPSA) is 58.7 Å². The van der Waals surface area contributed by atoms with Crippen LogP contribution in [0.15, 0.2) is 18.2 Å². The largest absolute Gasteiger partial charge is 0.493 e. The van der Waals surface area contributed by atoms with Crippen molar-refractivity contribution in [3.63, 3.8) is 0 Å². The maximum absolute atomic E-state index is 9.99. The van der Waals surface area contributed by atoms with Crippen molar-refractivity contribution in [2.75, 3.05) is 27.2 Å². The lowest BCUT2D eigenvalue weighted by Gasteiger charge is -2.29. The Balaban J connectivity index is 2.30. The first kappa shape index (κ1) is 12.4. The maximum Gasteiger partial charge on any atom is 0.122 e. The van der Waals surface area contributed by atoms with Crippen molar-refractivity contribution in [1.29, 1.82) is 0 Å². The molecule has 4 heteroatoms. The molecule has 1 aliphatic rings. The Morgan fingerprint density at radius 2 is 2.24 bits per heavy atom. The molecule has 2 rings (SSSR count). The van der Waals surface area contributed by atoms with Crippen molar-refractivity contribution in [1.82, 2.24) is 4.90 Å². The van der Waals surface area contributed by atoms with Gasteiger partial charge in [0.2, 0.25) is 0 Å². The molecule has 1 heterocycles. The zero-order chi connectivity index (χ0) is 12.4. The van der Waals surface area contributed by atoms with Gasteiger partial charge in [0.25, 0.3) is 0 Å². The van der Waals surface area contributed by atoms with Crippen LogP contribution in [-0.4, -0.2) is 43.4 Å². The third-order valence-electron chi connectivity index (χ3n) is 3.22. The quantitative estimate of drug-likeness (QED) is 0.801. The molecule has 0 fully saturated rings. The fourth-order valence-corrected chi connectivity index (χ4v) is 2.38. The number of hydrogen-bond donors (Lipinski definition) is 2. The highest BCUT2D eigenvalue weighted by Gasteiger charge is 2.24. The van der Waals surface area contributed by atoms with Gasteiger partial charge in [-0.1, -0.05) is 12.1 Å². The lowest BCUT2D eigenvalue weighted by atomic mass is 9.97. The monoisotopic (exact) mass is 236 g/mol. The Labute approximate surface area is 102 Å². The van der Waals surface area contributed by atoms with Crippen molar-refractivity contribution in [3.8, 4) is 5.75 Å². The van der Waals surface area contributed by atoms with Gasteiger partial charge in [-0.3, -0.25) is 0 Å². The molecule has 1 aromatic rings. The van der Waals surface area contributed by atoms with Crippen LogP contribution in [0, 0.1) is 0 Å². The zero-order valence-electron chi connectivity index (χ0n) is 10.4. The van der Waals surface area contributed by atoms with Crippen LogP contribution >= 0.6 is 0 Å². The van der Waals surface area contributed by atoms with E-state index in [1.54, 1.807) is 0 Å². The number of likely N-dealkylation sites (N-methyl/N-ethyl adjacent to an activating group) is 1. The summed E-state index contributed by atoms with van der Waals surface area (Å²) in [5.41, 5.74) is 7.88. The van der Waals surface area contributed by atoms with E-state index >= 15 is 0 Å². The summed E-state index contributed by atoms with van der Waals surface area (Å²) < 4.78 is 5.48. The smallest absolute Gasteiger partial charge is 0.122 e. The summed E-state index contributed by atoms with van der Waals surface area (Å²) in [7, 11) is 3.90. The zero-order valence-corrected chi connectivity index (χ0v) is 10.4. The second-order valence-corrected chi connectivity index (χ2v) is 4.68. The summed E-state index contributed by atoms with van der Waals surface area (Å²) in [4.78, 5) is 2.00. The van der Waals surface area contributed by atoms with Crippen molar-refractivity contribution < 1.29 is 9.84 Å². The van der Waals surface area contributed by atoms with Gasteiger partial charge in [-0.05, 0) is 31.3 Å². The average molecular weight is 236 g/mol. The van der Waals surface area contributed by atoms with Crippen LogP contribution < -0.4 is 10.5 Å². The Morgan fingerprint density at radius 3 is 2.88 bits per heavy atom. The van der Waals surface area contributed by atoms with Crippen LogP contribution in [0.3, 0.4) is 0 Å². The third-order valence-corrected chi connectivity index (χ3v) is 3.22. The molecule has 0 amide bonds. The van der Waals surface area contributed by atoms with Gasteiger partial charge in [-0.25, -0.2) is 0 Å². The SMILES string of the molecule is CN(C)C(c1ccc2c(c1)CCO2)C(O)CN. The molecule has 4 nitrogen and oxygen atoms in total. The van der Waals surface area contributed by atoms with E-state index in [0.717, 1.165) is 24.3 Å². The highest BCUT2D eigenvalue weighted by atomic mass is 16.5. The third kappa shape index (κ3) is 2.44. The normalized spacial score (nSPS) is 17.7. The molecule has 0 saturated heterocycles. The van der Waals surface area contributed by atoms with E-state index < -0.39 is 6.10 Å². The van der Waals surface area contributed by atoms with Crippen LogP contribution in [0.2, 0.25) is 0 Å². The second-order valence-electron chi connectivity index (χ2n) is 4.68. The van der Waals surface area contributed by atoms with E-state index in [9.17, 15) is 5.11 Å². The lowest BCUT2D eigenvalue weighted by molar-refractivity contribution is 0.0823. The first-order chi connectivity index (χ1) is 8.13. The minimum atomic E-state index is -0.551. The first-order valence-corrected chi connectivity index (χ1v) is 5.93. The number of benzene rings is 1. The summed E-state index contributed by atoms with van der Waals surface area (Å²) in [5.74, 6) is 0.966. The molecule has 0 aliphatic carbocycles. The molecule has 0 spiro atoms. The Bertz CT molecular complexity index is 393. The Hall–Kier alpha value is -1.10. The van der Waals surface area contributed by atoms with Crippen LogP contribution in [-0.2, 0) is 6.42 Å². The van der Waals surface area contributed by atoms with E-state index in [2.05, 4.69) is 6.07 Å². The Morgan fingerprint density at radius 1 is 1.47 bits per heavy atom. The molecular weight excluding hydrogens is 216 g/mol. The molecule has 0 saturated carbocycles. The van der Waals surface area contributed by atoms with Gasteiger partial charge in [0.1, 0.15) is 5.75 Å². The van der Waals surface area contributed by atoms with Crippen molar-refractivity contribution >= 4 is 0 Å². The van der Waals surface area contributed by atoms with Crippen LogP contribution in [0.1, 0.15) is 17.2 Å². The molecule has 1 aliphatic heterocycles. The molecule has 17 heavy (non-hydrogen) atoms. The minimum absolute atomic E-state index is 0.0640. The fourth-order valence-electron chi connectivity index (χ4n) is 2.38. The summed E-state index contributed by atoms with van der Waals surface area (Å²) in [6.45, 7) is 1.02. The summed E-state index contributed by atoms with van der Waals surface area (Å²) >= 11 is 0. The summed E-state index contributed by atoms with van der Waals surface area (Å²) in [6.07, 6.45) is 0.396. The number of hydrogen-bond acceptors (Lipinski definition) is 4. The van der Waals surface area contributed by atoms with Gasteiger partial charge in [0.15, 0.2) is 0 Å². The maximum atomic E-state index is 9.99. The van der Waals surface area contributed by atoms with Gasteiger partial charge in [0, 0.05) is 13.0 Å². The van der Waals surface area contributed by atoms with Crippen molar-refractivity contribution in [2.24, 2.45) is 5.73 Å². The van der Waals surface area contributed by atoms with Crippen LogP contribution in [0.25, 0.3) is 0 Å². The number of fused-ring (bicyclic) bond motifs is 1. The first-order valence-electron chi connectivity index (χ1n) is 5.93. The highest BCUT2D eigenvalue weighted by Crippen LogP contribution is 2.30. The number of nitrogens with zero attached hydrogens (tertiary/aromatic N) is 1. The molecule has 1 aromatic carbocycles. The number of aliphatic hydroxyl groups is 1. The number of aliphatic hydroxyl groups excluding tert-OH is 1. The number of nitrogens with two attached hydrogens (primary N) is 1. The van der Waals surface area contributed by atoms with Gasteiger partial charge < -0.3 is 20.5 Å². The van der Waals surface area contributed by atoms with E-state index in [0.29, 0.717) is 0 Å². The van der Waals surface area contributed by atoms with Gasteiger partial charge in [0.05, 0.1) is 18.8 Å². The summed E-state index contributed by atoms with van der Waals surface area (Å²) in [6, 6.07) is 6.04. The molecule has 94 valence electrons. The molecule has 2 atom stereocenters. The van der Waals surface area contributed by atoms with Crippen molar-refractivity contribution in [3.05, 3.63) is 29.3 Å². The standard InChI is InChI=1S/C13H20N2O2/c1-15(2)13(11(16)8-14)10-3-4-12-9(7-10)5-6-17-12/h3-4,7,11,13,16H,5-6,8,14H2,1-2H3. The second kappa shape index (κ2) is 5.04. The molecule has 3 N–H and O–H groups in total. The van der Waals surface area contributed by atoms with Gasteiger partial charge >= 0.3 is 0 Å². The molecular formula is C13H20N2O2. The van der Waals surface area contributed by atoms with Crippen molar-refractivity contribution in [2.45, 2.75) is 18.6 Å². The van der Waals surface area contributed by atoms with E-state index in [4.69, 9.17) is 10.5 Å². The molecule has 0 aromatic heterocycles. The molecule has 0 bridgehead atoms. The highest BCUT2D eigenvalue weighted by molar-refractivity contribution is 5.41. The average Bonchev–Trinajstić information content (AvgIpc) is 2.75. The minimum Gasteiger partial charge on any atom is -0.493 e. The van der Waals surface area contributed by atoms with Crippen LogP contribution in [0.4, 0.5) is 0 Å². The fraction of sp³-hybridized carbons (Fsp3) is 0.538. The van der Waals surface area contributed by atoms with Gasteiger partial charge in [-0.2, -0.15) is 0 Å². The molecule has 2 unspecified atom stereocenters. The van der Waals surface area contributed by atoms with E-state index in [1.807, 2.05) is 31.1 Å². The lowest BCUT2D eigenvalue weighted by Crippen LogP contribution is -2.36. The van der Waals surface area contributed by atoms with E-state index in [1.165, 1.54) is 5.56 Å². The van der Waals surface area contributed by atoms with Gasteiger partial charge in [-0.15, -0.1) is 0 Å².